The topological polar surface area (TPSA) is 130 Å². The largest absolute Gasteiger partial charge is 0.356 e. The third kappa shape index (κ3) is 27.5. The summed E-state index contributed by atoms with van der Waals surface area (Å²) in [5, 5.41) is 28.4. The molecule has 152 valence electrons. The lowest BCUT2D eigenvalue weighted by Crippen LogP contribution is -2.50. The predicted molar refractivity (Wildman–Crippen MR) is 98.5 cm³/mol. The number of quaternary nitrogens is 1. The molecule has 0 fully saturated rings. The molecule has 9 nitrogen and oxygen atoms in total. The van der Waals surface area contributed by atoms with Gasteiger partial charge in [0.15, 0.2) is 0 Å². The third-order valence-electron chi connectivity index (χ3n) is 3.94. The highest BCUT2D eigenvalue weighted by molar-refractivity contribution is 4.49. The van der Waals surface area contributed by atoms with Crippen LogP contribution in [0.5, 0.6) is 0 Å². The maximum Gasteiger partial charge on any atom is 0.291 e. The molecule has 0 aromatic rings. The molecule has 0 aliphatic rings. The Labute approximate surface area is 151 Å². The minimum Gasteiger partial charge on any atom is -0.356 e. The SMILES string of the molecule is CCCC[N+](CCCC)(CCCC)CCCC.O=[N+]([O-])O.O=[N+]([O-])[O-]. The number of hydrogen-bond acceptors (Lipinski definition) is 5. The van der Waals surface area contributed by atoms with Crippen LogP contribution in [0.4, 0.5) is 0 Å². The zero-order valence-electron chi connectivity index (χ0n) is 16.3. The fourth-order valence-corrected chi connectivity index (χ4v) is 2.64. The smallest absolute Gasteiger partial charge is 0.291 e. The van der Waals surface area contributed by atoms with Gasteiger partial charge in [0, 0.05) is 0 Å². The summed E-state index contributed by atoms with van der Waals surface area (Å²) in [7, 11) is 0. The molecule has 25 heavy (non-hydrogen) atoms. The molecule has 0 heterocycles. The third-order valence-corrected chi connectivity index (χ3v) is 3.94. The standard InChI is InChI=1S/C16H36N.HNO3.NO3/c1-5-9-13-17(14-10-6-2,15-11-7-3)16-12-8-4;2*2-1(3)4/h5-16H2,1-4H3;(H,2,3,4);/q+1;;-1. The van der Waals surface area contributed by atoms with Crippen molar-refractivity contribution in [2.75, 3.05) is 26.2 Å². The highest BCUT2D eigenvalue weighted by Crippen LogP contribution is 2.16. The highest BCUT2D eigenvalue weighted by atomic mass is 16.9. The van der Waals surface area contributed by atoms with Crippen molar-refractivity contribution < 1.29 is 19.9 Å². The first kappa shape index (κ1) is 28.2. The van der Waals surface area contributed by atoms with Gasteiger partial charge in [-0.15, -0.1) is 10.1 Å². The summed E-state index contributed by atoms with van der Waals surface area (Å²) in [4.78, 5) is 16.6. The molecule has 0 aromatic heterocycles. The lowest BCUT2D eigenvalue weighted by molar-refractivity contribution is -0.929. The van der Waals surface area contributed by atoms with Crippen molar-refractivity contribution in [1.82, 2.24) is 0 Å². The average Bonchev–Trinajstić information content (AvgIpc) is 2.52. The van der Waals surface area contributed by atoms with E-state index in [4.69, 9.17) is 30.6 Å². The predicted octanol–water partition coefficient (Wildman–Crippen LogP) is 4.42. The first-order chi connectivity index (χ1) is 11.7. The van der Waals surface area contributed by atoms with Gasteiger partial charge in [-0.2, -0.15) is 0 Å². The molecule has 0 saturated heterocycles. The molecule has 0 unspecified atom stereocenters. The summed E-state index contributed by atoms with van der Waals surface area (Å²) < 4.78 is 1.42. The van der Waals surface area contributed by atoms with Gasteiger partial charge in [0.05, 0.1) is 31.3 Å². The molecule has 0 aromatic carbocycles. The van der Waals surface area contributed by atoms with Crippen molar-refractivity contribution in [2.45, 2.75) is 79.1 Å². The van der Waals surface area contributed by atoms with Crippen molar-refractivity contribution in [3.8, 4) is 0 Å². The number of rotatable bonds is 12. The van der Waals surface area contributed by atoms with Gasteiger partial charge in [-0.05, 0) is 25.7 Å². The zero-order chi connectivity index (χ0) is 20.1. The van der Waals surface area contributed by atoms with E-state index in [1.807, 2.05) is 0 Å². The zero-order valence-corrected chi connectivity index (χ0v) is 16.3. The first-order valence-corrected chi connectivity index (χ1v) is 9.21. The fourth-order valence-electron chi connectivity index (χ4n) is 2.64. The molecule has 0 atom stereocenters. The number of nitrogens with zero attached hydrogens (tertiary/aromatic N) is 3. The summed E-state index contributed by atoms with van der Waals surface area (Å²) in [5.74, 6) is 0. The molecular formula is C16H37N3O6. The van der Waals surface area contributed by atoms with Crippen molar-refractivity contribution >= 4 is 0 Å². The second-order valence-electron chi connectivity index (χ2n) is 6.11. The van der Waals surface area contributed by atoms with E-state index in [-0.39, 0.29) is 0 Å². The molecule has 0 radical (unpaired) electrons. The van der Waals surface area contributed by atoms with Crippen LogP contribution in [-0.4, -0.2) is 46.0 Å². The molecule has 1 N–H and O–H groups in total. The molecule has 0 rings (SSSR count). The van der Waals surface area contributed by atoms with Crippen molar-refractivity contribution in [3.05, 3.63) is 25.4 Å². The summed E-state index contributed by atoms with van der Waals surface area (Å²) >= 11 is 0. The van der Waals surface area contributed by atoms with E-state index in [1.54, 1.807) is 0 Å². The van der Waals surface area contributed by atoms with Crippen LogP contribution in [0.1, 0.15) is 79.1 Å². The average molecular weight is 367 g/mol. The summed E-state index contributed by atoms with van der Waals surface area (Å²) in [5.41, 5.74) is 0. The van der Waals surface area contributed by atoms with Crippen LogP contribution >= 0.6 is 0 Å². The van der Waals surface area contributed by atoms with E-state index in [9.17, 15) is 0 Å². The molecule has 0 aliphatic carbocycles. The van der Waals surface area contributed by atoms with Gasteiger partial charge in [-0.1, -0.05) is 53.4 Å². The van der Waals surface area contributed by atoms with Crippen LogP contribution < -0.4 is 0 Å². The van der Waals surface area contributed by atoms with Crippen molar-refractivity contribution in [2.24, 2.45) is 0 Å². The van der Waals surface area contributed by atoms with E-state index < -0.39 is 10.2 Å². The molecule has 0 saturated carbocycles. The van der Waals surface area contributed by atoms with Gasteiger partial charge in [0.25, 0.3) is 5.09 Å². The first-order valence-electron chi connectivity index (χ1n) is 9.21. The second-order valence-corrected chi connectivity index (χ2v) is 6.11. The normalized spacial score (nSPS) is 10.1. The van der Waals surface area contributed by atoms with E-state index in [2.05, 4.69) is 27.7 Å². The Morgan fingerprint density at radius 3 is 0.960 bits per heavy atom. The molecule has 9 heteroatoms. The van der Waals surface area contributed by atoms with E-state index in [0.717, 1.165) is 0 Å². The monoisotopic (exact) mass is 367 g/mol. The Kier molecular flexibility index (Phi) is 23.0. The minimum atomic E-state index is -1.75. The highest BCUT2D eigenvalue weighted by Gasteiger charge is 2.24. The summed E-state index contributed by atoms with van der Waals surface area (Å²) in [6.07, 6.45) is 11.1. The fraction of sp³-hybridized carbons (Fsp3) is 1.00. The van der Waals surface area contributed by atoms with Gasteiger partial charge in [0.2, 0.25) is 0 Å². The molecular weight excluding hydrogens is 330 g/mol. The number of unbranched alkanes of at least 4 members (excludes halogenated alkanes) is 4. The summed E-state index contributed by atoms with van der Waals surface area (Å²) in [6.45, 7) is 15.0. The van der Waals surface area contributed by atoms with Crippen LogP contribution in [0.25, 0.3) is 0 Å². The van der Waals surface area contributed by atoms with E-state index >= 15 is 0 Å². The van der Waals surface area contributed by atoms with Crippen LogP contribution in [0.15, 0.2) is 0 Å². The van der Waals surface area contributed by atoms with Gasteiger partial charge in [-0.25, -0.2) is 0 Å². The van der Waals surface area contributed by atoms with E-state index in [0.29, 0.717) is 0 Å². The van der Waals surface area contributed by atoms with Crippen LogP contribution in [0.2, 0.25) is 0 Å². The minimum absolute atomic E-state index is 1.35. The van der Waals surface area contributed by atoms with Crippen LogP contribution in [0, 0.1) is 25.4 Å². The Morgan fingerprint density at radius 2 is 0.840 bits per heavy atom. The Balaban J connectivity index is -0.000000503. The quantitative estimate of drug-likeness (QED) is 0.309. The van der Waals surface area contributed by atoms with Crippen molar-refractivity contribution in [1.29, 1.82) is 0 Å². The maximum absolute atomic E-state index is 8.36. The number of hydrogen-bond donors (Lipinski definition) is 1. The lowest BCUT2D eigenvalue weighted by atomic mass is 10.1. The second kappa shape index (κ2) is 20.4. The molecule has 0 spiro atoms. The Morgan fingerprint density at radius 1 is 0.680 bits per heavy atom. The Hall–Kier alpha value is -1.64. The van der Waals surface area contributed by atoms with Gasteiger partial charge < -0.3 is 25.0 Å². The molecule has 0 bridgehead atoms. The van der Waals surface area contributed by atoms with Crippen LogP contribution in [-0.2, 0) is 0 Å². The van der Waals surface area contributed by atoms with E-state index in [1.165, 1.54) is 82.0 Å². The van der Waals surface area contributed by atoms with Gasteiger partial charge in [-0.3, -0.25) is 0 Å². The molecule has 0 amide bonds. The summed E-state index contributed by atoms with van der Waals surface area (Å²) in [6, 6.07) is 0. The van der Waals surface area contributed by atoms with Crippen LogP contribution in [0.3, 0.4) is 0 Å². The molecule has 0 aliphatic heterocycles. The van der Waals surface area contributed by atoms with Gasteiger partial charge >= 0.3 is 0 Å². The van der Waals surface area contributed by atoms with Gasteiger partial charge in [0.1, 0.15) is 0 Å². The van der Waals surface area contributed by atoms with Crippen molar-refractivity contribution in [3.63, 3.8) is 0 Å². The Bertz CT molecular complexity index is 259. The maximum atomic E-state index is 8.36. The lowest BCUT2D eigenvalue weighted by Gasteiger charge is -2.39.